The molecule has 1 rings (SSSR count). The molecule has 122 valence electrons. The number of aliphatic carboxylic acids is 1. The average molecular weight is 307 g/mol. The Balaban J connectivity index is 3.13. The van der Waals surface area contributed by atoms with E-state index in [0.29, 0.717) is 11.3 Å². The number of nitrogens with one attached hydrogen (secondary N) is 1. The second-order valence-electron chi connectivity index (χ2n) is 5.64. The van der Waals surface area contributed by atoms with Crippen molar-refractivity contribution in [1.82, 2.24) is 5.32 Å². The fourth-order valence-electron chi connectivity index (χ4n) is 2.52. The van der Waals surface area contributed by atoms with Crippen LogP contribution in [0.1, 0.15) is 45.6 Å². The van der Waals surface area contributed by atoms with Gasteiger partial charge in [0.05, 0.1) is 19.1 Å². The van der Waals surface area contributed by atoms with Crippen molar-refractivity contribution in [2.45, 2.75) is 45.6 Å². The number of hydrogen-bond donors (Lipinski definition) is 2. The molecule has 0 saturated carbocycles. The van der Waals surface area contributed by atoms with Gasteiger partial charge in [-0.25, -0.2) is 0 Å². The molecule has 0 radical (unpaired) electrons. The highest BCUT2D eigenvalue weighted by Crippen LogP contribution is 2.28. The summed E-state index contributed by atoms with van der Waals surface area (Å²) in [6.07, 6.45) is 1.26. The number of carboxylic acids is 1. The Morgan fingerprint density at radius 2 is 1.95 bits per heavy atom. The number of rotatable bonds is 8. The third kappa shape index (κ3) is 4.48. The summed E-state index contributed by atoms with van der Waals surface area (Å²) < 4.78 is 5.19. The highest BCUT2D eigenvalue weighted by Gasteiger charge is 2.33. The van der Waals surface area contributed by atoms with Crippen LogP contribution in [-0.2, 0) is 15.1 Å². The molecule has 2 N–H and O–H groups in total. The van der Waals surface area contributed by atoms with Gasteiger partial charge in [0.1, 0.15) is 5.75 Å². The van der Waals surface area contributed by atoms with Crippen LogP contribution in [0.25, 0.3) is 0 Å². The number of carbonyl (C=O) groups excluding carboxylic acids is 1. The first-order valence-corrected chi connectivity index (χ1v) is 7.54. The van der Waals surface area contributed by atoms with E-state index in [0.717, 1.165) is 12.8 Å². The van der Waals surface area contributed by atoms with E-state index in [4.69, 9.17) is 4.74 Å². The summed E-state index contributed by atoms with van der Waals surface area (Å²) in [7, 11) is 1.55. The van der Waals surface area contributed by atoms with Gasteiger partial charge in [-0.1, -0.05) is 26.0 Å². The number of hydrogen-bond acceptors (Lipinski definition) is 3. The highest BCUT2D eigenvalue weighted by atomic mass is 16.5. The number of carboxylic acid groups (broad SMARTS) is 1. The molecular weight excluding hydrogens is 282 g/mol. The molecule has 0 bridgehead atoms. The Morgan fingerprint density at radius 3 is 2.45 bits per heavy atom. The minimum absolute atomic E-state index is 0.112. The van der Waals surface area contributed by atoms with Gasteiger partial charge in [-0.3, -0.25) is 9.59 Å². The zero-order chi connectivity index (χ0) is 16.8. The van der Waals surface area contributed by atoms with Crippen molar-refractivity contribution in [2.24, 2.45) is 5.92 Å². The molecule has 0 spiro atoms. The van der Waals surface area contributed by atoms with Crippen molar-refractivity contribution in [1.29, 1.82) is 0 Å². The molecule has 0 saturated heterocycles. The van der Waals surface area contributed by atoms with Gasteiger partial charge in [0, 0.05) is 5.92 Å². The lowest BCUT2D eigenvalue weighted by Crippen LogP contribution is -2.47. The van der Waals surface area contributed by atoms with Gasteiger partial charge in [-0.2, -0.15) is 0 Å². The van der Waals surface area contributed by atoms with Gasteiger partial charge in [-0.05, 0) is 37.5 Å². The van der Waals surface area contributed by atoms with Crippen molar-refractivity contribution in [3.8, 4) is 5.75 Å². The quantitative estimate of drug-likeness (QED) is 0.774. The molecule has 1 atom stereocenters. The molecule has 0 aliphatic rings. The fourth-order valence-corrected chi connectivity index (χ4v) is 2.52. The largest absolute Gasteiger partial charge is 0.497 e. The second kappa shape index (κ2) is 7.82. The van der Waals surface area contributed by atoms with E-state index in [1.165, 1.54) is 0 Å². The summed E-state index contributed by atoms with van der Waals surface area (Å²) >= 11 is 0. The third-order valence-corrected chi connectivity index (χ3v) is 3.97. The van der Waals surface area contributed by atoms with Crippen LogP contribution in [-0.4, -0.2) is 24.1 Å². The lowest BCUT2D eigenvalue weighted by molar-refractivity contribution is -0.139. The molecule has 0 aliphatic carbocycles. The number of methoxy groups -OCH3 is 1. The van der Waals surface area contributed by atoms with Crippen LogP contribution in [0.4, 0.5) is 0 Å². The van der Waals surface area contributed by atoms with Crippen LogP contribution in [0, 0.1) is 5.92 Å². The van der Waals surface area contributed by atoms with Crippen molar-refractivity contribution >= 4 is 11.9 Å². The van der Waals surface area contributed by atoms with Crippen LogP contribution in [0.15, 0.2) is 24.3 Å². The van der Waals surface area contributed by atoms with Crippen LogP contribution in [0.2, 0.25) is 0 Å². The van der Waals surface area contributed by atoms with Gasteiger partial charge in [-0.15, -0.1) is 0 Å². The normalized spacial score (nSPS) is 13.5. The molecule has 1 unspecified atom stereocenters. The van der Waals surface area contributed by atoms with Gasteiger partial charge in [0.25, 0.3) is 0 Å². The first kappa shape index (κ1) is 18.0. The van der Waals surface area contributed by atoms with Crippen LogP contribution < -0.4 is 10.1 Å². The summed E-state index contributed by atoms with van der Waals surface area (Å²) in [5, 5.41) is 12.1. The van der Waals surface area contributed by atoms with Crippen LogP contribution >= 0.6 is 0 Å². The van der Waals surface area contributed by atoms with Gasteiger partial charge in [0.2, 0.25) is 5.91 Å². The number of carbonyl (C=O) groups is 2. The van der Waals surface area contributed by atoms with E-state index in [2.05, 4.69) is 5.32 Å². The predicted octanol–water partition coefficient (Wildman–Crippen LogP) is 2.94. The second-order valence-corrected chi connectivity index (χ2v) is 5.64. The van der Waals surface area contributed by atoms with Crippen molar-refractivity contribution in [2.75, 3.05) is 7.11 Å². The summed E-state index contributed by atoms with van der Waals surface area (Å²) in [6, 6.07) is 7.14. The summed E-state index contributed by atoms with van der Waals surface area (Å²) in [6.45, 7) is 5.64. The van der Waals surface area contributed by atoms with Gasteiger partial charge < -0.3 is 15.2 Å². The zero-order valence-corrected chi connectivity index (χ0v) is 13.7. The SMILES string of the molecule is CCC(CC)C(=O)NC(C)(CC(=O)O)c1cccc(OC)c1. The van der Waals surface area contributed by atoms with Crippen LogP contribution in [0.5, 0.6) is 5.75 Å². The maximum absolute atomic E-state index is 12.4. The Hall–Kier alpha value is -2.04. The smallest absolute Gasteiger partial charge is 0.306 e. The highest BCUT2D eigenvalue weighted by molar-refractivity contribution is 5.80. The molecule has 22 heavy (non-hydrogen) atoms. The minimum atomic E-state index is -0.972. The van der Waals surface area contributed by atoms with Gasteiger partial charge >= 0.3 is 5.97 Å². The Morgan fingerprint density at radius 1 is 1.32 bits per heavy atom. The van der Waals surface area contributed by atoms with E-state index in [1.807, 2.05) is 13.8 Å². The molecule has 0 aromatic heterocycles. The Bertz CT molecular complexity index is 525. The van der Waals surface area contributed by atoms with Crippen LogP contribution in [0.3, 0.4) is 0 Å². The third-order valence-electron chi connectivity index (χ3n) is 3.97. The first-order valence-electron chi connectivity index (χ1n) is 7.54. The van der Waals surface area contributed by atoms with Crippen molar-refractivity contribution in [3.63, 3.8) is 0 Å². The monoisotopic (exact) mass is 307 g/mol. The summed E-state index contributed by atoms with van der Waals surface area (Å²) in [4.78, 5) is 23.6. The average Bonchev–Trinajstić information content (AvgIpc) is 2.47. The molecular formula is C17H25NO4. The Labute approximate surface area is 131 Å². The van der Waals surface area contributed by atoms with E-state index >= 15 is 0 Å². The lowest BCUT2D eigenvalue weighted by Gasteiger charge is -2.32. The first-order chi connectivity index (χ1) is 10.4. The molecule has 5 nitrogen and oxygen atoms in total. The number of amides is 1. The molecule has 0 heterocycles. The van der Waals surface area contributed by atoms with Gasteiger partial charge in [0.15, 0.2) is 0 Å². The molecule has 1 aromatic carbocycles. The zero-order valence-electron chi connectivity index (χ0n) is 13.7. The number of ether oxygens (including phenoxy) is 1. The standard InChI is InChI=1S/C17H25NO4/c1-5-12(6-2)16(21)18-17(3,11-15(19)20)13-8-7-9-14(10-13)22-4/h7-10,12H,5-6,11H2,1-4H3,(H,18,21)(H,19,20). The topological polar surface area (TPSA) is 75.6 Å². The molecule has 0 fully saturated rings. The van der Waals surface area contributed by atoms with E-state index in [1.54, 1.807) is 38.3 Å². The van der Waals surface area contributed by atoms with Crippen molar-refractivity contribution < 1.29 is 19.4 Å². The molecule has 0 aliphatic heterocycles. The fraction of sp³-hybridized carbons (Fsp3) is 0.529. The molecule has 5 heteroatoms. The lowest BCUT2D eigenvalue weighted by atomic mass is 9.87. The summed E-state index contributed by atoms with van der Waals surface area (Å²) in [5.74, 6) is -0.559. The maximum Gasteiger partial charge on any atom is 0.306 e. The van der Waals surface area contributed by atoms with E-state index in [-0.39, 0.29) is 18.2 Å². The summed E-state index contributed by atoms with van der Waals surface area (Å²) in [5.41, 5.74) is -0.256. The van der Waals surface area contributed by atoms with E-state index < -0.39 is 11.5 Å². The molecule has 1 amide bonds. The predicted molar refractivity (Wildman–Crippen MR) is 84.8 cm³/mol. The maximum atomic E-state index is 12.4. The number of benzene rings is 1. The van der Waals surface area contributed by atoms with Crippen molar-refractivity contribution in [3.05, 3.63) is 29.8 Å². The molecule has 1 aromatic rings. The minimum Gasteiger partial charge on any atom is -0.497 e. The van der Waals surface area contributed by atoms with E-state index in [9.17, 15) is 14.7 Å². The Kier molecular flexibility index (Phi) is 6.40.